The van der Waals surface area contributed by atoms with E-state index in [-0.39, 0.29) is 6.04 Å². The van der Waals surface area contributed by atoms with Crippen LogP contribution in [0, 0.1) is 13.8 Å². The Labute approximate surface area is 124 Å². The van der Waals surface area contributed by atoms with Crippen LogP contribution in [0.15, 0.2) is 47.8 Å². The zero-order chi connectivity index (χ0) is 14.1. The molecule has 1 atom stereocenters. The number of aryl methyl sites for hydroxylation is 2. The van der Waals surface area contributed by atoms with Gasteiger partial charge in [-0.25, -0.2) is 0 Å². The quantitative estimate of drug-likeness (QED) is 0.736. The number of fused-ring (bicyclic) bond motifs is 1. The second-order valence-corrected chi connectivity index (χ2v) is 6.34. The third kappa shape index (κ3) is 2.49. The number of hydrogen-bond donors (Lipinski definition) is 1. The molecule has 20 heavy (non-hydrogen) atoms. The highest BCUT2D eigenvalue weighted by Gasteiger charge is 2.12. The highest BCUT2D eigenvalue weighted by molar-refractivity contribution is 7.17. The third-order valence-electron chi connectivity index (χ3n) is 3.84. The summed E-state index contributed by atoms with van der Waals surface area (Å²) in [5.41, 5.74) is 11.6. The molecule has 102 valence electrons. The molecule has 2 N–H and O–H groups in total. The fourth-order valence-electron chi connectivity index (χ4n) is 2.70. The van der Waals surface area contributed by atoms with Crippen LogP contribution < -0.4 is 5.73 Å². The normalized spacial score (nSPS) is 12.8. The fraction of sp³-hybridized carbons (Fsp3) is 0.222. The maximum absolute atomic E-state index is 6.45. The second kappa shape index (κ2) is 5.39. The van der Waals surface area contributed by atoms with Crippen LogP contribution in [0.3, 0.4) is 0 Å². The SMILES string of the molecule is Cc1ccc(C)c(C(N)Cc2csc3ccccc23)c1. The lowest BCUT2D eigenvalue weighted by Gasteiger charge is -2.15. The Hall–Kier alpha value is -1.64. The zero-order valence-corrected chi connectivity index (χ0v) is 12.7. The first kappa shape index (κ1) is 13.3. The summed E-state index contributed by atoms with van der Waals surface area (Å²) in [4.78, 5) is 0. The van der Waals surface area contributed by atoms with Crippen LogP contribution >= 0.6 is 11.3 Å². The standard InChI is InChI=1S/C18H19NS/c1-12-7-8-13(2)16(9-12)17(19)10-14-11-20-18-6-4-3-5-15(14)18/h3-9,11,17H,10,19H2,1-2H3. The molecule has 1 nitrogen and oxygen atoms in total. The third-order valence-corrected chi connectivity index (χ3v) is 4.85. The van der Waals surface area contributed by atoms with Crippen molar-refractivity contribution < 1.29 is 0 Å². The van der Waals surface area contributed by atoms with E-state index in [1.807, 2.05) is 0 Å². The molecular weight excluding hydrogens is 262 g/mol. The highest BCUT2D eigenvalue weighted by Crippen LogP contribution is 2.29. The van der Waals surface area contributed by atoms with Gasteiger partial charge in [-0.15, -0.1) is 11.3 Å². The minimum atomic E-state index is 0.0629. The average Bonchev–Trinajstić information content (AvgIpc) is 2.85. The van der Waals surface area contributed by atoms with Crippen molar-refractivity contribution in [1.82, 2.24) is 0 Å². The first-order chi connectivity index (χ1) is 9.65. The van der Waals surface area contributed by atoms with E-state index < -0.39 is 0 Å². The number of nitrogens with two attached hydrogens (primary N) is 1. The predicted octanol–water partition coefficient (Wildman–Crippen LogP) is 4.76. The first-order valence-corrected chi connectivity index (χ1v) is 7.81. The van der Waals surface area contributed by atoms with Gasteiger partial charge in [0.25, 0.3) is 0 Å². The summed E-state index contributed by atoms with van der Waals surface area (Å²) in [6.45, 7) is 4.26. The molecule has 0 bridgehead atoms. The number of thiophene rings is 1. The molecule has 1 aromatic heterocycles. The molecule has 0 amide bonds. The van der Waals surface area contributed by atoms with Crippen LogP contribution in [0.5, 0.6) is 0 Å². The van der Waals surface area contributed by atoms with Crippen LogP contribution in [0.2, 0.25) is 0 Å². The van der Waals surface area contributed by atoms with Crippen molar-refractivity contribution in [3.05, 3.63) is 70.1 Å². The van der Waals surface area contributed by atoms with E-state index in [9.17, 15) is 0 Å². The summed E-state index contributed by atoms with van der Waals surface area (Å²) in [6.07, 6.45) is 0.897. The van der Waals surface area contributed by atoms with Gasteiger partial charge in [0.1, 0.15) is 0 Å². The molecule has 0 radical (unpaired) electrons. The Bertz CT molecular complexity index is 742. The van der Waals surface area contributed by atoms with Gasteiger partial charge in [0.05, 0.1) is 0 Å². The van der Waals surface area contributed by atoms with Crippen LogP contribution in [-0.4, -0.2) is 0 Å². The fourth-order valence-corrected chi connectivity index (χ4v) is 3.67. The van der Waals surface area contributed by atoms with E-state index in [1.165, 1.54) is 32.3 Å². The highest BCUT2D eigenvalue weighted by atomic mass is 32.1. The molecule has 0 aliphatic heterocycles. The molecule has 0 fully saturated rings. The molecule has 1 heterocycles. The number of benzene rings is 2. The second-order valence-electron chi connectivity index (χ2n) is 5.43. The van der Waals surface area contributed by atoms with Gasteiger partial charge in [-0.1, -0.05) is 42.0 Å². The van der Waals surface area contributed by atoms with E-state index in [4.69, 9.17) is 5.73 Å². The first-order valence-electron chi connectivity index (χ1n) is 6.93. The van der Waals surface area contributed by atoms with Crippen molar-refractivity contribution in [3.8, 4) is 0 Å². The van der Waals surface area contributed by atoms with Crippen LogP contribution in [0.25, 0.3) is 10.1 Å². The van der Waals surface area contributed by atoms with Crippen molar-refractivity contribution in [2.24, 2.45) is 5.73 Å². The van der Waals surface area contributed by atoms with Gasteiger partial charge in [-0.3, -0.25) is 0 Å². The van der Waals surface area contributed by atoms with Gasteiger partial charge in [0.15, 0.2) is 0 Å². The van der Waals surface area contributed by atoms with E-state index in [2.05, 4.69) is 61.7 Å². The van der Waals surface area contributed by atoms with Crippen molar-refractivity contribution in [1.29, 1.82) is 0 Å². The topological polar surface area (TPSA) is 26.0 Å². The predicted molar refractivity (Wildman–Crippen MR) is 88.4 cm³/mol. The monoisotopic (exact) mass is 281 g/mol. The van der Waals surface area contributed by atoms with E-state index in [0.29, 0.717) is 0 Å². The molecule has 0 aliphatic carbocycles. The van der Waals surface area contributed by atoms with Crippen molar-refractivity contribution >= 4 is 21.4 Å². The van der Waals surface area contributed by atoms with Crippen molar-refractivity contribution in [2.75, 3.05) is 0 Å². The average molecular weight is 281 g/mol. The molecule has 3 aromatic rings. The Morgan fingerprint density at radius 1 is 1.10 bits per heavy atom. The molecule has 1 unspecified atom stereocenters. The lowest BCUT2D eigenvalue weighted by atomic mass is 9.94. The van der Waals surface area contributed by atoms with Gasteiger partial charge < -0.3 is 5.73 Å². The summed E-state index contributed by atoms with van der Waals surface area (Å²) in [7, 11) is 0. The Morgan fingerprint density at radius 3 is 2.75 bits per heavy atom. The molecule has 0 saturated carbocycles. The molecule has 0 spiro atoms. The van der Waals surface area contributed by atoms with Gasteiger partial charge in [0.2, 0.25) is 0 Å². The Morgan fingerprint density at radius 2 is 1.90 bits per heavy atom. The molecule has 0 saturated heterocycles. The minimum Gasteiger partial charge on any atom is -0.324 e. The van der Waals surface area contributed by atoms with E-state index >= 15 is 0 Å². The number of rotatable bonds is 3. The van der Waals surface area contributed by atoms with E-state index in [0.717, 1.165) is 6.42 Å². The molecule has 2 heteroatoms. The number of hydrogen-bond acceptors (Lipinski definition) is 2. The zero-order valence-electron chi connectivity index (χ0n) is 11.9. The van der Waals surface area contributed by atoms with Gasteiger partial charge in [-0.05, 0) is 53.8 Å². The maximum Gasteiger partial charge on any atom is 0.0345 e. The van der Waals surface area contributed by atoms with Gasteiger partial charge in [0, 0.05) is 10.7 Å². The molecular formula is C18H19NS. The molecule has 2 aromatic carbocycles. The molecule has 0 aliphatic rings. The van der Waals surface area contributed by atoms with Gasteiger partial charge >= 0.3 is 0 Å². The Kier molecular flexibility index (Phi) is 3.60. The Balaban J connectivity index is 1.92. The van der Waals surface area contributed by atoms with E-state index in [1.54, 1.807) is 11.3 Å². The summed E-state index contributed by atoms with van der Waals surface area (Å²) < 4.78 is 1.34. The van der Waals surface area contributed by atoms with Gasteiger partial charge in [-0.2, -0.15) is 0 Å². The van der Waals surface area contributed by atoms with Crippen LogP contribution in [0.1, 0.15) is 28.3 Å². The van der Waals surface area contributed by atoms with Crippen molar-refractivity contribution in [2.45, 2.75) is 26.3 Å². The minimum absolute atomic E-state index is 0.0629. The largest absolute Gasteiger partial charge is 0.324 e. The van der Waals surface area contributed by atoms with Crippen molar-refractivity contribution in [3.63, 3.8) is 0 Å². The summed E-state index contributed by atoms with van der Waals surface area (Å²) >= 11 is 1.80. The molecule has 3 rings (SSSR count). The lowest BCUT2D eigenvalue weighted by molar-refractivity contribution is 0.720. The summed E-state index contributed by atoms with van der Waals surface area (Å²) in [5, 5.41) is 3.59. The maximum atomic E-state index is 6.45. The lowest BCUT2D eigenvalue weighted by Crippen LogP contribution is -2.14. The smallest absolute Gasteiger partial charge is 0.0345 e. The van der Waals surface area contributed by atoms with Crippen LogP contribution in [-0.2, 0) is 6.42 Å². The summed E-state index contributed by atoms with van der Waals surface area (Å²) in [6, 6.07) is 15.1. The van der Waals surface area contributed by atoms with Crippen LogP contribution in [0.4, 0.5) is 0 Å². The summed E-state index contributed by atoms with van der Waals surface area (Å²) in [5.74, 6) is 0.